The Morgan fingerprint density at radius 3 is 3.00 bits per heavy atom. The second-order valence-electron chi connectivity index (χ2n) is 4.83. The molecule has 0 unspecified atom stereocenters. The Bertz CT molecular complexity index is 446. The lowest BCUT2D eigenvalue weighted by molar-refractivity contribution is -0.128. The van der Waals surface area contributed by atoms with Crippen molar-refractivity contribution in [3.63, 3.8) is 0 Å². The Hall–Kier alpha value is -1.26. The Labute approximate surface area is 124 Å². The second kappa shape index (κ2) is 7.50. The summed E-state index contributed by atoms with van der Waals surface area (Å²) in [6.45, 7) is 3.24. The first kappa shape index (κ1) is 15.1. The lowest BCUT2D eigenvalue weighted by atomic mass is 10.2. The summed E-state index contributed by atoms with van der Waals surface area (Å²) in [6, 6.07) is 7.16. The lowest BCUT2D eigenvalue weighted by Crippen LogP contribution is -2.41. The van der Waals surface area contributed by atoms with Gasteiger partial charge in [-0.25, -0.2) is 0 Å². The number of nitrogens with one attached hydrogen (secondary N) is 1. The summed E-state index contributed by atoms with van der Waals surface area (Å²) in [5.74, 6) is 0.413. The third kappa shape index (κ3) is 4.12. The maximum atomic E-state index is 12.1. The quantitative estimate of drug-likeness (QED) is 0.878. The molecule has 1 N–H and O–H groups in total. The molecule has 1 aromatic carbocycles. The number of ether oxygens (including phenoxy) is 2. The highest BCUT2D eigenvalue weighted by molar-refractivity contribution is 6.32. The van der Waals surface area contributed by atoms with E-state index in [2.05, 4.69) is 5.32 Å². The van der Waals surface area contributed by atoms with Crippen molar-refractivity contribution in [2.75, 3.05) is 13.2 Å². The molecule has 5 heteroatoms. The number of rotatable bonds is 6. The number of amides is 1. The first-order valence-corrected chi connectivity index (χ1v) is 7.39. The maximum absolute atomic E-state index is 12.1. The van der Waals surface area contributed by atoms with Crippen LogP contribution in [0.1, 0.15) is 26.2 Å². The average molecular weight is 298 g/mol. The van der Waals surface area contributed by atoms with Crippen LogP contribution in [0.4, 0.5) is 0 Å². The van der Waals surface area contributed by atoms with Crippen LogP contribution in [-0.2, 0) is 9.53 Å². The molecule has 0 aliphatic carbocycles. The number of para-hydroxylation sites is 1. The second-order valence-corrected chi connectivity index (χ2v) is 5.23. The van der Waals surface area contributed by atoms with Gasteiger partial charge in [-0.3, -0.25) is 4.79 Å². The van der Waals surface area contributed by atoms with Gasteiger partial charge in [-0.2, -0.15) is 0 Å². The van der Waals surface area contributed by atoms with Crippen molar-refractivity contribution in [2.45, 2.75) is 38.4 Å². The third-order valence-corrected chi connectivity index (χ3v) is 3.61. The average Bonchev–Trinajstić information content (AvgIpc) is 2.97. The van der Waals surface area contributed by atoms with Gasteiger partial charge in [-0.05, 0) is 31.4 Å². The first-order valence-electron chi connectivity index (χ1n) is 7.01. The molecule has 0 bridgehead atoms. The van der Waals surface area contributed by atoms with Gasteiger partial charge in [0, 0.05) is 13.2 Å². The van der Waals surface area contributed by atoms with Crippen LogP contribution in [0.15, 0.2) is 24.3 Å². The molecule has 1 aliphatic heterocycles. The Kier molecular flexibility index (Phi) is 5.68. The van der Waals surface area contributed by atoms with E-state index in [1.165, 1.54) is 0 Å². The molecular weight excluding hydrogens is 278 g/mol. The van der Waals surface area contributed by atoms with E-state index >= 15 is 0 Å². The Morgan fingerprint density at radius 1 is 1.55 bits per heavy atom. The first-order chi connectivity index (χ1) is 9.70. The molecule has 110 valence electrons. The molecule has 0 spiro atoms. The van der Waals surface area contributed by atoms with Gasteiger partial charge in [-0.1, -0.05) is 30.7 Å². The van der Waals surface area contributed by atoms with E-state index in [1.807, 2.05) is 19.1 Å². The van der Waals surface area contributed by atoms with Crippen molar-refractivity contribution in [2.24, 2.45) is 0 Å². The van der Waals surface area contributed by atoms with Crippen molar-refractivity contribution in [1.29, 1.82) is 0 Å². The van der Waals surface area contributed by atoms with Crippen molar-refractivity contribution in [3.05, 3.63) is 29.3 Å². The van der Waals surface area contributed by atoms with E-state index in [-0.39, 0.29) is 12.0 Å². The summed E-state index contributed by atoms with van der Waals surface area (Å²) in [5, 5.41) is 3.40. The van der Waals surface area contributed by atoms with Crippen molar-refractivity contribution in [3.8, 4) is 5.75 Å². The zero-order valence-corrected chi connectivity index (χ0v) is 12.4. The molecule has 1 amide bonds. The normalized spacial score (nSPS) is 19.6. The largest absolute Gasteiger partial charge is 0.479 e. The SMILES string of the molecule is CC[C@@H](Oc1ccccc1Cl)C(=O)NC[C@H]1CCCO1. The third-order valence-electron chi connectivity index (χ3n) is 3.30. The highest BCUT2D eigenvalue weighted by Gasteiger charge is 2.22. The number of hydrogen-bond donors (Lipinski definition) is 1. The number of benzene rings is 1. The van der Waals surface area contributed by atoms with Crippen LogP contribution in [-0.4, -0.2) is 31.3 Å². The monoisotopic (exact) mass is 297 g/mol. The summed E-state index contributed by atoms with van der Waals surface area (Å²) in [6.07, 6.45) is 2.26. The van der Waals surface area contributed by atoms with Crippen LogP contribution in [0.25, 0.3) is 0 Å². The molecule has 1 aromatic rings. The summed E-state index contributed by atoms with van der Waals surface area (Å²) in [4.78, 5) is 12.1. The van der Waals surface area contributed by atoms with Crippen molar-refractivity contribution >= 4 is 17.5 Å². The predicted octanol–water partition coefficient (Wildman–Crippen LogP) is 2.79. The molecule has 0 radical (unpaired) electrons. The molecule has 1 fully saturated rings. The Morgan fingerprint density at radius 2 is 2.35 bits per heavy atom. The van der Waals surface area contributed by atoms with Crippen molar-refractivity contribution < 1.29 is 14.3 Å². The smallest absolute Gasteiger partial charge is 0.261 e. The zero-order valence-electron chi connectivity index (χ0n) is 11.6. The minimum Gasteiger partial charge on any atom is -0.479 e. The van der Waals surface area contributed by atoms with Gasteiger partial charge in [0.1, 0.15) is 5.75 Å². The molecule has 20 heavy (non-hydrogen) atoms. The fraction of sp³-hybridized carbons (Fsp3) is 0.533. The lowest BCUT2D eigenvalue weighted by Gasteiger charge is -2.19. The molecule has 0 aromatic heterocycles. The standard InChI is InChI=1S/C15H20ClNO3/c1-2-13(20-14-8-4-3-7-12(14)16)15(18)17-10-11-6-5-9-19-11/h3-4,7-8,11,13H,2,5-6,9-10H2,1H3,(H,17,18)/t11-,13-/m1/s1. The van der Waals surface area contributed by atoms with E-state index in [9.17, 15) is 4.79 Å². The number of hydrogen-bond acceptors (Lipinski definition) is 3. The van der Waals surface area contributed by atoms with Gasteiger partial charge in [0.2, 0.25) is 0 Å². The fourth-order valence-corrected chi connectivity index (χ4v) is 2.33. The van der Waals surface area contributed by atoms with Gasteiger partial charge < -0.3 is 14.8 Å². The van der Waals surface area contributed by atoms with Gasteiger partial charge in [0.05, 0.1) is 11.1 Å². The van der Waals surface area contributed by atoms with Crippen LogP contribution >= 0.6 is 11.6 Å². The molecule has 1 saturated heterocycles. The van der Waals surface area contributed by atoms with Crippen LogP contribution in [0.5, 0.6) is 5.75 Å². The highest BCUT2D eigenvalue weighted by atomic mass is 35.5. The highest BCUT2D eigenvalue weighted by Crippen LogP contribution is 2.24. The number of carbonyl (C=O) groups is 1. The molecule has 1 heterocycles. The topological polar surface area (TPSA) is 47.6 Å². The van der Waals surface area contributed by atoms with Crippen LogP contribution in [0.2, 0.25) is 5.02 Å². The predicted molar refractivity (Wildman–Crippen MR) is 78.1 cm³/mol. The van der Waals surface area contributed by atoms with Gasteiger partial charge >= 0.3 is 0 Å². The molecular formula is C15H20ClNO3. The minimum absolute atomic E-state index is 0.122. The van der Waals surface area contributed by atoms with Gasteiger partial charge in [0.25, 0.3) is 5.91 Å². The van der Waals surface area contributed by atoms with Crippen LogP contribution < -0.4 is 10.1 Å². The van der Waals surface area contributed by atoms with Crippen LogP contribution in [0, 0.1) is 0 Å². The molecule has 0 saturated carbocycles. The Balaban J connectivity index is 1.87. The van der Waals surface area contributed by atoms with Gasteiger partial charge in [0.15, 0.2) is 6.10 Å². The van der Waals surface area contributed by atoms with E-state index in [4.69, 9.17) is 21.1 Å². The summed E-state index contributed by atoms with van der Waals surface area (Å²) in [5.41, 5.74) is 0. The number of halogens is 1. The summed E-state index contributed by atoms with van der Waals surface area (Å²) in [7, 11) is 0. The molecule has 2 atom stereocenters. The molecule has 2 rings (SSSR count). The molecule has 4 nitrogen and oxygen atoms in total. The van der Waals surface area contributed by atoms with Crippen molar-refractivity contribution in [1.82, 2.24) is 5.32 Å². The van der Waals surface area contributed by atoms with E-state index in [0.29, 0.717) is 23.7 Å². The van der Waals surface area contributed by atoms with E-state index in [0.717, 1.165) is 19.4 Å². The minimum atomic E-state index is -0.531. The molecule has 1 aliphatic rings. The summed E-state index contributed by atoms with van der Waals surface area (Å²) >= 11 is 6.03. The summed E-state index contributed by atoms with van der Waals surface area (Å²) < 4.78 is 11.2. The maximum Gasteiger partial charge on any atom is 0.261 e. The zero-order chi connectivity index (χ0) is 14.4. The fourth-order valence-electron chi connectivity index (χ4n) is 2.15. The number of carbonyl (C=O) groups excluding carboxylic acids is 1. The van der Waals surface area contributed by atoms with E-state index in [1.54, 1.807) is 12.1 Å². The van der Waals surface area contributed by atoms with Gasteiger partial charge in [-0.15, -0.1) is 0 Å². The van der Waals surface area contributed by atoms with E-state index < -0.39 is 6.10 Å². The van der Waals surface area contributed by atoms with Crippen LogP contribution in [0.3, 0.4) is 0 Å².